The summed E-state index contributed by atoms with van der Waals surface area (Å²) in [4.78, 5) is 11.3. The first-order valence-corrected chi connectivity index (χ1v) is 9.44. The van der Waals surface area contributed by atoms with Crippen molar-refractivity contribution in [1.29, 1.82) is 0 Å². The fourth-order valence-electron chi connectivity index (χ4n) is 3.30. The maximum absolute atomic E-state index is 5.37. The predicted octanol–water partition coefficient (Wildman–Crippen LogP) is 1.85. The van der Waals surface area contributed by atoms with Gasteiger partial charge < -0.3 is 19.9 Å². The van der Waals surface area contributed by atoms with Gasteiger partial charge >= 0.3 is 0 Å². The third-order valence-electron chi connectivity index (χ3n) is 4.74. The molecular weight excluding hydrogens is 455 g/mol. The molecule has 0 saturated carbocycles. The van der Waals surface area contributed by atoms with Gasteiger partial charge in [0.25, 0.3) is 0 Å². The predicted molar refractivity (Wildman–Crippen MR) is 121 cm³/mol. The minimum absolute atomic E-state index is 0. The summed E-state index contributed by atoms with van der Waals surface area (Å²) in [5, 5.41) is 6.79. The molecule has 0 spiro atoms. The topological polar surface area (TPSA) is 66.7 Å². The number of nitrogens with one attached hydrogen (secondary N) is 2. The Morgan fingerprint density at radius 2 is 1.89 bits per heavy atom. The van der Waals surface area contributed by atoms with Crippen LogP contribution in [0.5, 0.6) is 0 Å². The van der Waals surface area contributed by atoms with Crippen molar-refractivity contribution in [2.24, 2.45) is 4.99 Å². The lowest BCUT2D eigenvalue weighted by Gasteiger charge is -2.26. The average Bonchev–Trinajstić information content (AvgIpc) is 2.99. The maximum Gasteiger partial charge on any atom is 0.191 e. The molecule has 2 aromatic rings. The number of aromatic nitrogens is 2. The van der Waals surface area contributed by atoms with E-state index in [9.17, 15) is 0 Å². The van der Waals surface area contributed by atoms with Gasteiger partial charge in [-0.25, -0.2) is 4.98 Å². The van der Waals surface area contributed by atoms with Gasteiger partial charge in [-0.15, -0.1) is 24.0 Å². The molecule has 2 N–H and O–H groups in total. The van der Waals surface area contributed by atoms with E-state index in [0.29, 0.717) is 0 Å². The number of para-hydroxylation sites is 2. The Kier molecular flexibility index (Phi) is 9.29. The number of halogens is 1. The molecule has 1 aliphatic rings. The summed E-state index contributed by atoms with van der Waals surface area (Å²) >= 11 is 0. The summed E-state index contributed by atoms with van der Waals surface area (Å²) in [7, 11) is 1.82. The summed E-state index contributed by atoms with van der Waals surface area (Å²) in [6, 6.07) is 8.30. The Labute approximate surface area is 178 Å². The fourth-order valence-corrected chi connectivity index (χ4v) is 3.30. The van der Waals surface area contributed by atoms with Crippen LogP contribution in [-0.2, 0) is 11.3 Å². The molecule has 8 heteroatoms. The zero-order valence-corrected chi connectivity index (χ0v) is 18.6. The first-order chi connectivity index (χ1) is 12.8. The number of hydrogen-bond donors (Lipinski definition) is 2. The number of ether oxygens (including phenoxy) is 1. The summed E-state index contributed by atoms with van der Waals surface area (Å²) < 4.78 is 7.66. The Morgan fingerprint density at radius 3 is 2.67 bits per heavy atom. The lowest BCUT2D eigenvalue weighted by Crippen LogP contribution is -2.44. The maximum atomic E-state index is 5.37. The van der Waals surface area contributed by atoms with Crippen LogP contribution in [0.3, 0.4) is 0 Å². The summed E-state index contributed by atoms with van der Waals surface area (Å²) in [5.74, 6) is 1.93. The van der Waals surface area contributed by atoms with E-state index in [4.69, 9.17) is 4.74 Å². The summed E-state index contributed by atoms with van der Waals surface area (Å²) in [6.07, 6.45) is 1.02. The molecule has 1 aromatic carbocycles. The van der Waals surface area contributed by atoms with Crippen LogP contribution in [0.4, 0.5) is 0 Å². The summed E-state index contributed by atoms with van der Waals surface area (Å²) in [5.41, 5.74) is 2.27. The first kappa shape index (κ1) is 21.9. The zero-order valence-electron chi connectivity index (χ0n) is 16.3. The van der Waals surface area contributed by atoms with Crippen LogP contribution in [-0.4, -0.2) is 73.4 Å². The van der Waals surface area contributed by atoms with E-state index in [1.165, 1.54) is 5.52 Å². The number of rotatable bonds is 7. The van der Waals surface area contributed by atoms with E-state index in [2.05, 4.69) is 55.2 Å². The third-order valence-corrected chi connectivity index (χ3v) is 4.74. The quantitative estimate of drug-likeness (QED) is 0.271. The standard InChI is InChI=1S/C19H30N6O.HI/c1-16-23-17-6-3-4-7-18(17)25(16)10-5-8-21-19(20-2)22-9-11-24-12-14-26-15-13-24;/h3-4,6-7H,5,8-15H2,1-2H3,(H2,20,21,22);1H. The molecule has 1 aromatic heterocycles. The number of imidazole rings is 1. The van der Waals surface area contributed by atoms with Crippen LogP contribution in [0.15, 0.2) is 29.3 Å². The van der Waals surface area contributed by atoms with E-state index in [1.54, 1.807) is 0 Å². The van der Waals surface area contributed by atoms with E-state index >= 15 is 0 Å². The Hall–Kier alpha value is -1.39. The molecule has 1 fully saturated rings. The monoisotopic (exact) mass is 486 g/mol. The molecule has 0 bridgehead atoms. The van der Waals surface area contributed by atoms with Crippen LogP contribution in [0, 0.1) is 6.92 Å². The number of aryl methyl sites for hydroxylation is 2. The molecule has 7 nitrogen and oxygen atoms in total. The second-order valence-electron chi connectivity index (χ2n) is 6.53. The molecule has 0 atom stereocenters. The summed E-state index contributed by atoms with van der Waals surface area (Å²) in [6.45, 7) is 9.53. The number of morpholine rings is 1. The van der Waals surface area contributed by atoms with Crippen LogP contribution >= 0.6 is 24.0 Å². The van der Waals surface area contributed by atoms with E-state index in [-0.39, 0.29) is 24.0 Å². The molecular formula is C19H31IN6O. The second kappa shape index (κ2) is 11.5. The SMILES string of the molecule is CN=C(NCCCn1c(C)nc2ccccc21)NCCN1CCOCC1.I. The Balaban J connectivity index is 0.00000261. The van der Waals surface area contributed by atoms with Crippen molar-refractivity contribution in [3.05, 3.63) is 30.1 Å². The van der Waals surface area contributed by atoms with Crippen molar-refractivity contribution in [2.75, 3.05) is 53.0 Å². The number of fused-ring (bicyclic) bond motifs is 1. The van der Waals surface area contributed by atoms with Gasteiger partial charge in [-0.05, 0) is 25.5 Å². The van der Waals surface area contributed by atoms with E-state index in [0.717, 1.165) is 76.2 Å². The molecule has 0 aliphatic carbocycles. The highest BCUT2D eigenvalue weighted by molar-refractivity contribution is 14.0. The van der Waals surface area contributed by atoms with Crippen LogP contribution < -0.4 is 10.6 Å². The zero-order chi connectivity index (χ0) is 18.2. The number of guanidine groups is 1. The Morgan fingerprint density at radius 1 is 1.15 bits per heavy atom. The molecule has 1 saturated heterocycles. The van der Waals surface area contributed by atoms with Gasteiger partial charge in [0.15, 0.2) is 5.96 Å². The minimum atomic E-state index is 0. The molecule has 27 heavy (non-hydrogen) atoms. The molecule has 2 heterocycles. The number of hydrogen-bond acceptors (Lipinski definition) is 4. The van der Waals surface area contributed by atoms with E-state index < -0.39 is 0 Å². The van der Waals surface area contributed by atoms with Crippen molar-refractivity contribution in [1.82, 2.24) is 25.1 Å². The van der Waals surface area contributed by atoms with Crippen molar-refractivity contribution in [2.45, 2.75) is 19.9 Å². The van der Waals surface area contributed by atoms with Crippen LogP contribution in [0.2, 0.25) is 0 Å². The second-order valence-corrected chi connectivity index (χ2v) is 6.53. The first-order valence-electron chi connectivity index (χ1n) is 9.44. The Bertz CT molecular complexity index is 726. The van der Waals surface area contributed by atoms with Gasteiger partial charge in [0.05, 0.1) is 24.2 Å². The third kappa shape index (κ3) is 6.32. The minimum Gasteiger partial charge on any atom is -0.379 e. The normalized spacial score (nSPS) is 15.6. The van der Waals surface area contributed by atoms with Gasteiger partial charge in [0.1, 0.15) is 5.82 Å². The van der Waals surface area contributed by atoms with Crippen LogP contribution in [0.25, 0.3) is 11.0 Å². The van der Waals surface area contributed by atoms with Crippen molar-refractivity contribution >= 4 is 41.0 Å². The average molecular weight is 486 g/mol. The molecule has 3 rings (SSSR count). The number of benzene rings is 1. The van der Waals surface area contributed by atoms with E-state index in [1.807, 2.05) is 13.1 Å². The lowest BCUT2D eigenvalue weighted by molar-refractivity contribution is 0.0389. The van der Waals surface area contributed by atoms with Crippen molar-refractivity contribution < 1.29 is 4.74 Å². The molecule has 150 valence electrons. The smallest absolute Gasteiger partial charge is 0.191 e. The highest BCUT2D eigenvalue weighted by Gasteiger charge is 2.10. The molecule has 1 aliphatic heterocycles. The molecule has 0 amide bonds. The molecule has 0 radical (unpaired) electrons. The van der Waals surface area contributed by atoms with Gasteiger partial charge in [-0.1, -0.05) is 12.1 Å². The number of nitrogens with zero attached hydrogens (tertiary/aromatic N) is 4. The van der Waals surface area contributed by atoms with Gasteiger partial charge in [0.2, 0.25) is 0 Å². The lowest BCUT2D eigenvalue weighted by atomic mass is 10.3. The highest BCUT2D eigenvalue weighted by atomic mass is 127. The van der Waals surface area contributed by atoms with Gasteiger partial charge in [-0.2, -0.15) is 0 Å². The largest absolute Gasteiger partial charge is 0.379 e. The number of aliphatic imine (C=N–C) groups is 1. The van der Waals surface area contributed by atoms with Gasteiger partial charge in [-0.3, -0.25) is 9.89 Å². The van der Waals surface area contributed by atoms with Crippen LogP contribution in [0.1, 0.15) is 12.2 Å². The van der Waals surface area contributed by atoms with Crippen molar-refractivity contribution in [3.63, 3.8) is 0 Å². The molecule has 0 unspecified atom stereocenters. The fraction of sp³-hybridized carbons (Fsp3) is 0.579. The van der Waals surface area contributed by atoms with Gasteiger partial charge in [0, 0.05) is 46.3 Å². The van der Waals surface area contributed by atoms with Crippen molar-refractivity contribution in [3.8, 4) is 0 Å². The highest BCUT2D eigenvalue weighted by Crippen LogP contribution is 2.15.